The van der Waals surface area contributed by atoms with Gasteiger partial charge in [0.15, 0.2) is 0 Å². The van der Waals surface area contributed by atoms with Gasteiger partial charge in [0.25, 0.3) is 0 Å². The van der Waals surface area contributed by atoms with Crippen LogP contribution in [0.1, 0.15) is 24.4 Å². The van der Waals surface area contributed by atoms with Gasteiger partial charge in [-0.25, -0.2) is 0 Å². The summed E-state index contributed by atoms with van der Waals surface area (Å²) in [5.41, 5.74) is 7.26. The quantitative estimate of drug-likeness (QED) is 0.729. The number of hydrogen-bond donors (Lipinski definition) is 2. The maximum absolute atomic E-state index is 5.96. The summed E-state index contributed by atoms with van der Waals surface area (Å²) < 4.78 is 0. The van der Waals surface area contributed by atoms with Gasteiger partial charge in [0.2, 0.25) is 0 Å². The van der Waals surface area contributed by atoms with Gasteiger partial charge in [-0.05, 0) is 37.1 Å². The van der Waals surface area contributed by atoms with Crippen molar-refractivity contribution in [3.8, 4) is 0 Å². The summed E-state index contributed by atoms with van der Waals surface area (Å²) in [4.78, 5) is 0. The largest absolute Gasteiger partial charge is 0.396 e. The van der Waals surface area contributed by atoms with Gasteiger partial charge in [0, 0.05) is 6.04 Å². The highest BCUT2D eigenvalue weighted by atomic mass is 35.5. The van der Waals surface area contributed by atoms with Crippen molar-refractivity contribution in [2.24, 2.45) is 0 Å². The number of anilines is 1. The molecule has 1 aliphatic rings. The summed E-state index contributed by atoms with van der Waals surface area (Å²) >= 11 is 11.9. The van der Waals surface area contributed by atoms with Crippen molar-refractivity contribution >= 4 is 28.9 Å². The Balaban J connectivity index is 2.34. The first-order valence-electron chi connectivity index (χ1n) is 4.66. The van der Waals surface area contributed by atoms with Crippen LogP contribution in [-0.4, -0.2) is 6.54 Å². The monoisotopic (exact) mass is 230 g/mol. The first-order chi connectivity index (χ1) is 6.68. The molecule has 0 spiro atoms. The van der Waals surface area contributed by atoms with E-state index in [0.29, 0.717) is 21.8 Å². The molecular weight excluding hydrogens is 219 g/mol. The van der Waals surface area contributed by atoms with Crippen molar-refractivity contribution in [1.82, 2.24) is 5.32 Å². The molecular formula is C10H12Cl2N2. The third-order valence-electron chi connectivity index (χ3n) is 2.56. The lowest BCUT2D eigenvalue weighted by atomic mass is 10.1. The predicted octanol–water partition coefficient (Wildman–Crippen LogP) is 3.00. The van der Waals surface area contributed by atoms with Gasteiger partial charge in [-0.1, -0.05) is 23.2 Å². The van der Waals surface area contributed by atoms with Gasteiger partial charge in [-0.2, -0.15) is 0 Å². The average molecular weight is 231 g/mol. The second kappa shape index (κ2) is 3.97. The zero-order valence-electron chi connectivity index (χ0n) is 7.69. The number of nitrogen functional groups attached to an aromatic ring is 1. The minimum atomic E-state index is 0.380. The maximum Gasteiger partial charge on any atom is 0.0693 e. The number of rotatable bonds is 1. The summed E-state index contributed by atoms with van der Waals surface area (Å²) in [5, 5.41) is 4.47. The van der Waals surface area contributed by atoms with Crippen LogP contribution in [0.4, 0.5) is 5.69 Å². The first kappa shape index (κ1) is 10.1. The molecule has 1 saturated heterocycles. The molecule has 0 unspecified atom stereocenters. The van der Waals surface area contributed by atoms with Crippen LogP contribution in [0.3, 0.4) is 0 Å². The van der Waals surface area contributed by atoms with E-state index in [9.17, 15) is 0 Å². The van der Waals surface area contributed by atoms with E-state index in [0.717, 1.165) is 18.5 Å². The van der Waals surface area contributed by atoms with Gasteiger partial charge in [0.05, 0.1) is 15.7 Å². The molecule has 3 N–H and O–H groups in total. The Morgan fingerprint density at radius 2 is 1.93 bits per heavy atom. The van der Waals surface area contributed by atoms with E-state index in [1.807, 2.05) is 12.1 Å². The summed E-state index contributed by atoms with van der Waals surface area (Å²) in [6, 6.07) is 4.17. The molecule has 76 valence electrons. The molecule has 2 nitrogen and oxygen atoms in total. The fourth-order valence-electron chi connectivity index (χ4n) is 1.77. The molecule has 1 fully saturated rings. The van der Waals surface area contributed by atoms with Gasteiger partial charge >= 0.3 is 0 Å². The molecule has 0 aliphatic carbocycles. The third-order valence-corrected chi connectivity index (χ3v) is 3.19. The Morgan fingerprint density at radius 1 is 1.29 bits per heavy atom. The highest BCUT2D eigenvalue weighted by molar-refractivity contribution is 6.38. The van der Waals surface area contributed by atoms with Crippen molar-refractivity contribution in [1.29, 1.82) is 0 Å². The normalized spacial score (nSPS) is 21.4. The molecule has 1 aliphatic heterocycles. The van der Waals surface area contributed by atoms with E-state index in [2.05, 4.69) is 5.32 Å². The fourth-order valence-corrected chi connectivity index (χ4v) is 2.28. The van der Waals surface area contributed by atoms with Crippen LogP contribution < -0.4 is 11.1 Å². The second-order valence-corrected chi connectivity index (χ2v) is 4.36. The molecule has 1 aromatic rings. The number of halogens is 2. The Labute approximate surface area is 93.4 Å². The SMILES string of the molecule is Nc1c(Cl)cc([C@@H]2CCCN2)cc1Cl. The number of nitrogens with one attached hydrogen (secondary N) is 1. The lowest BCUT2D eigenvalue weighted by Crippen LogP contribution is -2.12. The lowest BCUT2D eigenvalue weighted by molar-refractivity contribution is 0.648. The van der Waals surface area contributed by atoms with Crippen LogP contribution in [0.15, 0.2) is 12.1 Å². The Morgan fingerprint density at radius 3 is 2.43 bits per heavy atom. The van der Waals surface area contributed by atoms with E-state index in [1.54, 1.807) is 0 Å². The van der Waals surface area contributed by atoms with E-state index in [4.69, 9.17) is 28.9 Å². The van der Waals surface area contributed by atoms with Crippen molar-refractivity contribution in [2.45, 2.75) is 18.9 Å². The van der Waals surface area contributed by atoms with Crippen LogP contribution in [-0.2, 0) is 0 Å². The Bertz CT molecular complexity index is 323. The van der Waals surface area contributed by atoms with Crippen molar-refractivity contribution in [2.75, 3.05) is 12.3 Å². The zero-order chi connectivity index (χ0) is 10.1. The van der Waals surface area contributed by atoms with Crippen LogP contribution in [0.25, 0.3) is 0 Å². The predicted molar refractivity (Wildman–Crippen MR) is 60.9 cm³/mol. The molecule has 2 rings (SSSR count). The van der Waals surface area contributed by atoms with E-state index >= 15 is 0 Å². The molecule has 0 radical (unpaired) electrons. The smallest absolute Gasteiger partial charge is 0.0693 e. The highest BCUT2D eigenvalue weighted by Gasteiger charge is 2.17. The number of nitrogens with two attached hydrogens (primary N) is 1. The molecule has 14 heavy (non-hydrogen) atoms. The molecule has 1 atom stereocenters. The van der Waals surface area contributed by atoms with Crippen molar-refractivity contribution in [3.05, 3.63) is 27.7 Å². The van der Waals surface area contributed by atoms with E-state index in [1.165, 1.54) is 6.42 Å². The fraction of sp³-hybridized carbons (Fsp3) is 0.400. The molecule has 1 aromatic carbocycles. The lowest BCUT2D eigenvalue weighted by Gasteiger charge is -2.12. The van der Waals surface area contributed by atoms with Crippen molar-refractivity contribution < 1.29 is 0 Å². The molecule has 0 aromatic heterocycles. The van der Waals surface area contributed by atoms with Gasteiger partial charge < -0.3 is 11.1 Å². The molecule has 1 heterocycles. The van der Waals surface area contributed by atoms with Gasteiger partial charge in [-0.3, -0.25) is 0 Å². The van der Waals surface area contributed by atoms with Crippen LogP contribution in [0, 0.1) is 0 Å². The van der Waals surface area contributed by atoms with E-state index in [-0.39, 0.29) is 0 Å². The zero-order valence-corrected chi connectivity index (χ0v) is 9.20. The van der Waals surface area contributed by atoms with Gasteiger partial charge in [-0.15, -0.1) is 0 Å². The van der Waals surface area contributed by atoms with Gasteiger partial charge in [0.1, 0.15) is 0 Å². The van der Waals surface area contributed by atoms with Crippen LogP contribution in [0.5, 0.6) is 0 Å². The molecule has 4 heteroatoms. The summed E-state index contributed by atoms with van der Waals surface area (Å²) in [7, 11) is 0. The first-order valence-corrected chi connectivity index (χ1v) is 5.42. The summed E-state index contributed by atoms with van der Waals surface area (Å²) in [6.07, 6.45) is 2.33. The Hall–Kier alpha value is -0.440. The minimum absolute atomic E-state index is 0.380. The second-order valence-electron chi connectivity index (χ2n) is 3.55. The minimum Gasteiger partial charge on any atom is -0.396 e. The summed E-state index contributed by atoms with van der Waals surface area (Å²) in [6.45, 7) is 1.06. The van der Waals surface area contributed by atoms with Crippen molar-refractivity contribution in [3.63, 3.8) is 0 Å². The third kappa shape index (κ3) is 1.83. The van der Waals surface area contributed by atoms with Crippen LogP contribution in [0.2, 0.25) is 10.0 Å². The maximum atomic E-state index is 5.96. The number of hydrogen-bond acceptors (Lipinski definition) is 2. The van der Waals surface area contributed by atoms with E-state index < -0.39 is 0 Å². The number of benzene rings is 1. The molecule has 0 bridgehead atoms. The molecule has 0 saturated carbocycles. The summed E-state index contributed by atoms with van der Waals surface area (Å²) in [5.74, 6) is 0. The Kier molecular flexibility index (Phi) is 2.86. The highest BCUT2D eigenvalue weighted by Crippen LogP contribution is 2.33. The molecule has 0 amide bonds. The standard InChI is InChI=1S/C10H12Cl2N2/c11-7-4-6(5-8(12)10(7)13)9-2-1-3-14-9/h4-5,9,14H,1-3,13H2/t9-/m0/s1. The average Bonchev–Trinajstić information content (AvgIpc) is 2.66. The topological polar surface area (TPSA) is 38.0 Å². The van der Waals surface area contributed by atoms with Crippen LogP contribution >= 0.6 is 23.2 Å².